The van der Waals surface area contributed by atoms with Crippen LogP contribution in [0.1, 0.15) is 33.6 Å². The molecule has 2 aromatic rings. The lowest BCUT2D eigenvalue weighted by atomic mass is 9.96. The highest BCUT2D eigenvalue weighted by Crippen LogP contribution is 2.18. The summed E-state index contributed by atoms with van der Waals surface area (Å²) in [6, 6.07) is 9.04. The van der Waals surface area contributed by atoms with Crippen LogP contribution in [-0.2, 0) is 0 Å². The molecule has 1 aliphatic heterocycles. The molecule has 1 aromatic heterocycles. The van der Waals surface area contributed by atoms with Crippen LogP contribution < -0.4 is 10.1 Å². The Bertz CT molecular complexity index is 818. The number of likely N-dealkylation sites (tertiary alicyclic amines) is 1. The van der Waals surface area contributed by atoms with Crippen LogP contribution in [0.5, 0.6) is 5.88 Å². The van der Waals surface area contributed by atoms with Gasteiger partial charge < -0.3 is 10.1 Å². The van der Waals surface area contributed by atoms with E-state index in [1.807, 2.05) is 0 Å². The molecule has 0 bridgehead atoms. The summed E-state index contributed by atoms with van der Waals surface area (Å²) >= 11 is 0. The number of hydrogen-bond donors (Lipinski definition) is 1. The molecule has 7 heteroatoms. The van der Waals surface area contributed by atoms with E-state index in [0.717, 1.165) is 25.9 Å². The predicted molar refractivity (Wildman–Crippen MR) is 103 cm³/mol. The predicted octanol–water partition coefficient (Wildman–Crippen LogP) is 2.55. The first-order chi connectivity index (χ1) is 13.6. The summed E-state index contributed by atoms with van der Waals surface area (Å²) in [5.74, 6) is 0.135. The van der Waals surface area contributed by atoms with Gasteiger partial charge in [0, 0.05) is 18.3 Å². The largest absolute Gasteiger partial charge is 0.480 e. The minimum atomic E-state index is -0.344. The average Bonchev–Trinajstić information content (AvgIpc) is 2.73. The Morgan fingerprint density at radius 3 is 2.61 bits per heavy atom. The minimum absolute atomic E-state index is 0.00424. The Balaban J connectivity index is 1.43. The summed E-state index contributed by atoms with van der Waals surface area (Å²) in [6.45, 7) is 2.50. The van der Waals surface area contributed by atoms with E-state index in [2.05, 4.69) is 15.2 Å². The lowest BCUT2D eigenvalue weighted by Crippen LogP contribution is -2.40. The number of nitrogens with zero attached hydrogens (tertiary/aromatic N) is 2. The van der Waals surface area contributed by atoms with Crippen LogP contribution in [-0.4, -0.2) is 54.9 Å². The van der Waals surface area contributed by atoms with Gasteiger partial charge in [0.05, 0.1) is 13.7 Å². The van der Waals surface area contributed by atoms with Gasteiger partial charge in [0.2, 0.25) is 5.88 Å². The van der Waals surface area contributed by atoms with E-state index in [4.69, 9.17) is 4.74 Å². The number of pyridine rings is 1. The molecule has 0 radical (unpaired) electrons. The highest BCUT2D eigenvalue weighted by atomic mass is 19.1. The number of methoxy groups -OCH3 is 1. The molecule has 1 saturated heterocycles. The third kappa shape index (κ3) is 5.13. The Morgan fingerprint density at radius 2 is 1.93 bits per heavy atom. The second kappa shape index (κ2) is 9.41. The number of Topliss-reactive ketones (excluding diaryl/α,β-unsaturated/α-hetero) is 1. The zero-order valence-corrected chi connectivity index (χ0v) is 15.9. The summed E-state index contributed by atoms with van der Waals surface area (Å²) in [5.41, 5.74) is 0.952. The van der Waals surface area contributed by atoms with Crippen molar-refractivity contribution in [3.63, 3.8) is 0 Å². The zero-order valence-electron chi connectivity index (χ0n) is 15.9. The number of ketones is 1. The number of ether oxygens (including phenoxy) is 1. The van der Waals surface area contributed by atoms with Crippen molar-refractivity contribution in [2.45, 2.75) is 12.8 Å². The van der Waals surface area contributed by atoms with E-state index in [1.54, 1.807) is 18.3 Å². The molecule has 28 heavy (non-hydrogen) atoms. The molecule has 6 nitrogen and oxygen atoms in total. The second-order valence-corrected chi connectivity index (χ2v) is 6.92. The summed E-state index contributed by atoms with van der Waals surface area (Å²) < 4.78 is 18.1. The maximum atomic E-state index is 13.0. The fourth-order valence-electron chi connectivity index (χ4n) is 3.34. The van der Waals surface area contributed by atoms with Crippen molar-refractivity contribution in [2.75, 3.05) is 33.3 Å². The Morgan fingerprint density at radius 1 is 1.21 bits per heavy atom. The molecule has 1 aliphatic rings. The first kappa shape index (κ1) is 19.9. The van der Waals surface area contributed by atoms with Crippen LogP contribution in [0.15, 0.2) is 42.6 Å². The molecule has 3 rings (SSSR count). The minimum Gasteiger partial charge on any atom is -0.480 e. The van der Waals surface area contributed by atoms with Gasteiger partial charge in [0.25, 0.3) is 5.91 Å². The molecule has 0 saturated carbocycles. The van der Waals surface area contributed by atoms with Crippen LogP contribution in [0.2, 0.25) is 0 Å². The number of rotatable bonds is 7. The molecule has 0 spiro atoms. The number of amides is 1. The molecular weight excluding hydrogens is 361 g/mol. The van der Waals surface area contributed by atoms with Gasteiger partial charge in [-0.05, 0) is 68.2 Å². The summed E-state index contributed by atoms with van der Waals surface area (Å²) in [6.07, 6.45) is 3.39. The van der Waals surface area contributed by atoms with Gasteiger partial charge in [-0.25, -0.2) is 9.37 Å². The van der Waals surface area contributed by atoms with Crippen molar-refractivity contribution in [3.05, 3.63) is 59.5 Å². The topological polar surface area (TPSA) is 71.5 Å². The molecule has 1 N–H and O–H groups in total. The Kier molecular flexibility index (Phi) is 6.71. The molecule has 1 fully saturated rings. The van der Waals surface area contributed by atoms with Crippen LogP contribution in [0.4, 0.5) is 4.39 Å². The summed E-state index contributed by atoms with van der Waals surface area (Å²) in [5, 5.41) is 2.95. The normalized spacial score (nSPS) is 15.2. The highest BCUT2D eigenvalue weighted by molar-refractivity contribution is 5.97. The SMILES string of the molecule is COc1ncccc1C(=O)NCC1CCN(CC(=O)c2ccc(F)cc2)CC1. The van der Waals surface area contributed by atoms with E-state index < -0.39 is 0 Å². The fourth-order valence-corrected chi connectivity index (χ4v) is 3.34. The maximum Gasteiger partial charge on any atom is 0.256 e. The maximum absolute atomic E-state index is 13.0. The van der Waals surface area contributed by atoms with E-state index in [-0.39, 0.29) is 17.5 Å². The van der Waals surface area contributed by atoms with Crippen molar-refractivity contribution in [1.82, 2.24) is 15.2 Å². The molecule has 0 aliphatic carbocycles. The van der Waals surface area contributed by atoms with Gasteiger partial charge in [0.1, 0.15) is 11.4 Å². The molecule has 148 valence electrons. The van der Waals surface area contributed by atoms with Gasteiger partial charge in [0.15, 0.2) is 5.78 Å². The summed E-state index contributed by atoms with van der Waals surface area (Å²) in [7, 11) is 1.49. The molecule has 0 atom stereocenters. The number of piperidine rings is 1. The van der Waals surface area contributed by atoms with Crippen LogP contribution in [0.25, 0.3) is 0 Å². The quantitative estimate of drug-likeness (QED) is 0.742. The van der Waals surface area contributed by atoms with E-state index in [0.29, 0.717) is 36.0 Å². The van der Waals surface area contributed by atoms with Crippen LogP contribution in [0, 0.1) is 11.7 Å². The monoisotopic (exact) mass is 385 g/mol. The van der Waals surface area contributed by atoms with Gasteiger partial charge in [-0.2, -0.15) is 0 Å². The average molecular weight is 385 g/mol. The third-order valence-electron chi connectivity index (χ3n) is 5.00. The zero-order chi connectivity index (χ0) is 19.9. The molecule has 1 aromatic carbocycles. The van der Waals surface area contributed by atoms with Crippen molar-refractivity contribution >= 4 is 11.7 Å². The van der Waals surface area contributed by atoms with Crippen LogP contribution in [0.3, 0.4) is 0 Å². The van der Waals surface area contributed by atoms with E-state index >= 15 is 0 Å². The highest BCUT2D eigenvalue weighted by Gasteiger charge is 2.22. The number of hydrogen-bond acceptors (Lipinski definition) is 5. The smallest absolute Gasteiger partial charge is 0.256 e. The number of halogens is 1. The number of carbonyl (C=O) groups excluding carboxylic acids is 2. The molecule has 1 amide bonds. The molecule has 0 unspecified atom stereocenters. The van der Waals surface area contributed by atoms with E-state index in [1.165, 1.54) is 31.4 Å². The lowest BCUT2D eigenvalue weighted by molar-refractivity contribution is 0.0886. The fraction of sp³-hybridized carbons (Fsp3) is 0.381. The van der Waals surface area contributed by atoms with E-state index in [9.17, 15) is 14.0 Å². The third-order valence-corrected chi connectivity index (χ3v) is 5.00. The number of aromatic nitrogens is 1. The van der Waals surface area contributed by atoms with Gasteiger partial charge in [-0.3, -0.25) is 14.5 Å². The molecule has 2 heterocycles. The Hall–Kier alpha value is -2.80. The first-order valence-electron chi connectivity index (χ1n) is 9.35. The standard InChI is InChI=1S/C21H24FN3O3/c1-28-21-18(3-2-10-23-21)20(27)24-13-15-8-11-25(12-9-15)14-19(26)16-4-6-17(22)7-5-16/h2-7,10,15H,8-9,11-14H2,1H3,(H,24,27). The van der Waals surface area contributed by atoms with Gasteiger partial charge in [-0.1, -0.05) is 0 Å². The van der Waals surface area contributed by atoms with Crippen molar-refractivity contribution < 1.29 is 18.7 Å². The number of nitrogens with one attached hydrogen (secondary N) is 1. The Labute approximate surface area is 163 Å². The van der Waals surface area contributed by atoms with Gasteiger partial charge in [-0.15, -0.1) is 0 Å². The van der Waals surface area contributed by atoms with Crippen molar-refractivity contribution in [3.8, 4) is 5.88 Å². The van der Waals surface area contributed by atoms with Crippen molar-refractivity contribution in [2.24, 2.45) is 5.92 Å². The second-order valence-electron chi connectivity index (χ2n) is 6.92. The van der Waals surface area contributed by atoms with Gasteiger partial charge >= 0.3 is 0 Å². The number of carbonyl (C=O) groups is 2. The number of benzene rings is 1. The van der Waals surface area contributed by atoms with Crippen molar-refractivity contribution in [1.29, 1.82) is 0 Å². The first-order valence-corrected chi connectivity index (χ1v) is 9.35. The summed E-state index contributed by atoms with van der Waals surface area (Å²) in [4.78, 5) is 30.8. The lowest BCUT2D eigenvalue weighted by Gasteiger charge is -2.31. The molecular formula is C21H24FN3O3. The van der Waals surface area contributed by atoms with Crippen LogP contribution >= 0.6 is 0 Å².